The van der Waals surface area contributed by atoms with E-state index in [2.05, 4.69) is 67.8 Å². The summed E-state index contributed by atoms with van der Waals surface area (Å²) in [5, 5.41) is 3.20. The number of para-hydroxylation sites is 1. The van der Waals surface area contributed by atoms with Crippen molar-refractivity contribution in [2.24, 2.45) is 0 Å². The molecule has 0 aliphatic rings. The Labute approximate surface area is 160 Å². The summed E-state index contributed by atoms with van der Waals surface area (Å²) in [6.07, 6.45) is 2.25. The first-order valence-electron chi connectivity index (χ1n) is 9.73. The monoisotopic (exact) mass is 355 g/mol. The van der Waals surface area contributed by atoms with Crippen LogP contribution in [0, 0.1) is 13.8 Å². The number of hydrogen-bond donors (Lipinski definition) is 0. The lowest BCUT2D eigenvalue weighted by molar-refractivity contribution is 0.104. The number of aryl methyl sites for hydroxylation is 2. The van der Waals surface area contributed by atoms with Crippen LogP contribution in [0.4, 0.5) is 0 Å². The quantitative estimate of drug-likeness (QED) is 0.377. The number of carbonyl (C=O) groups is 1. The summed E-state index contributed by atoms with van der Waals surface area (Å²) in [6.45, 7) is 7.30. The molecule has 27 heavy (non-hydrogen) atoms. The van der Waals surface area contributed by atoms with Crippen LogP contribution >= 0.6 is 0 Å². The number of ketones is 1. The van der Waals surface area contributed by atoms with Crippen molar-refractivity contribution in [3.8, 4) is 0 Å². The number of benzene rings is 3. The van der Waals surface area contributed by atoms with Crippen LogP contribution in [-0.2, 0) is 6.54 Å². The zero-order valence-electron chi connectivity index (χ0n) is 16.3. The molecular formula is C25H25NO. The maximum absolute atomic E-state index is 13.7. The van der Waals surface area contributed by atoms with Gasteiger partial charge in [0.1, 0.15) is 0 Å². The van der Waals surface area contributed by atoms with Crippen LogP contribution in [0.25, 0.3) is 21.7 Å². The van der Waals surface area contributed by atoms with Crippen LogP contribution in [0.3, 0.4) is 0 Å². The van der Waals surface area contributed by atoms with E-state index in [1.807, 2.05) is 18.2 Å². The fourth-order valence-electron chi connectivity index (χ4n) is 4.04. The molecule has 2 nitrogen and oxygen atoms in total. The molecule has 3 aromatic carbocycles. The third-order valence-corrected chi connectivity index (χ3v) is 5.48. The third-order valence-electron chi connectivity index (χ3n) is 5.48. The molecule has 1 aromatic heterocycles. The van der Waals surface area contributed by atoms with Gasteiger partial charge in [0.2, 0.25) is 0 Å². The Bertz CT molecular complexity index is 1150. The second-order valence-electron chi connectivity index (χ2n) is 7.34. The molecule has 0 fully saturated rings. The Kier molecular flexibility index (Phi) is 4.57. The van der Waals surface area contributed by atoms with Crippen LogP contribution < -0.4 is 0 Å². The molecule has 0 spiro atoms. The van der Waals surface area contributed by atoms with E-state index < -0.39 is 0 Å². The van der Waals surface area contributed by atoms with Gasteiger partial charge in [-0.1, -0.05) is 73.5 Å². The van der Waals surface area contributed by atoms with Crippen molar-refractivity contribution >= 4 is 27.5 Å². The smallest absolute Gasteiger partial charge is 0.196 e. The molecule has 0 atom stereocenters. The number of aromatic nitrogens is 1. The molecular weight excluding hydrogens is 330 g/mol. The zero-order valence-corrected chi connectivity index (χ0v) is 16.3. The maximum atomic E-state index is 13.7. The van der Waals surface area contributed by atoms with Crippen molar-refractivity contribution in [3.05, 3.63) is 83.0 Å². The van der Waals surface area contributed by atoms with Crippen molar-refractivity contribution in [3.63, 3.8) is 0 Å². The molecule has 0 amide bonds. The average Bonchev–Trinajstić information content (AvgIpc) is 2.96. The van der Waals surface area contributed by atoms with Gasteiger partial charge in [-0.3, -0.25) is 4.79 Å². The molecule has 0 radical (unpaired) electrons. The minimum atomic E-state index is 0.121. The molecule has 136 valence electrons. The fourth-order valence-corrected chi connectivity index (χ4v) is 4.04. The first-order valence-corrected chi connectivity index (χ1v) is 9.73. The third kappa shape index (κ3) is 2.95. The number of carbonyl (C=O) groups excluding carboxylic acids is 1. The second kappa shape index (κ2) is 7.03. The molecule has 0 N–H and O–H groups in total. The van der Waals surface area contributed by atoms with Gasteiger partial charge >= 0.3 is 0 Å². The molecule has 2 heteroatoms. The lowest BCUT2D eigenvalue weighted by Crippen LogP contribution is -2.06. The Morgan fingerprint density at radius 1 is 0.926 bits per heavy atom. The van der Waals surface area contributed by atoms with Crippen LogP contribution in [0.15, 0.2) is 60.7 Å². The molecule has 0 aliphatic carbocycles. The van der Waals surface area contributed by atoms with E-state index in [0.717, 1.165) is 57.9 Å². The Balaban J connectivity index is 1.94. The SMILES string of the molecule is CCCCn1c(C)c(C(=O)c2cccc3ccc(C)cc23)c2ccccc21. The van der Waals surface area contributed by atoms with E-state index in [1.165, 1.54) is 5.56 Å². The Hall–Kier alpha value is -2.87. The van der Waals surface area contributed by atoms with Crippen LogP contribution in [0.2, 0.25) is 0 Å². The van der Waals surface area contributed by atoms with Gasteiger partial charge in [0.05, 0.1) is 5.56 Å². The number of rotatable bonds is 5. The molecule has 4 rings (SSSR count). The summed E-state index contributed by atoms with van der Waals surface area (Å²) in [5.74, 6) is 0.121. The van der Waals surface area contributed by atoms with Gasteiger partial charge < -0.3 is 4.57 Å². The molecule has 0 aliphatic heterocycles. The molecule has 1 heterocycles. The Morgan fingerprint density at radius 2 is 1.74 bits per heavy atom. The summed E-state index contributed by atoms with van der Waals surface area (Å²) in [6, 6.07) is 20.6. The van der Waals surface area contributed by atoms with Gasteiger partial charge in [0.15, 0.2) is 5.78 Å². The van der Waals surface area contributed by atoms with E-state index in [9.17, 15) is 4.79 Å². The van der Waals surface area contributed by atoms with E-state index in [-0.39, 0.29) is 5.78 Å². The zero-order chi connectivity index (χ0) is 19.0. The lowest BCUT2D eigenvalue weighted by Gasteiger charge is -2.09. The van der Waals surface area contributed by atoms with Crippen LogP contribution in [0.5, 0.6) is 0 Å². The molecule has 0 unspecified atom stereocenters. The summed E-state index contributed by atoms with van der Waals surface area (Å²) >= 11 is 0. The van der Waals surface area contributed by atoms with E-state index in [4.69, 9.17) is 0 Å². The summed E-state index contributed by atoms with van der Waals surface area (Å²) in [7, 11) is 0. The van der Waals surface area contributed by atoms with E-state index >= 15 is 0 Å². The number of fused-ring (bicyclic) bond motifs is 2. The lowest BCUT2D eigenvalue weighted by atomic mass is 9.95. The summed E-state index contributed by atoms with van der Waals surface area (Å²) < 4.78 is 2.31. The van der Waals surface area contributed by atoms with Gasteiger partial charge in [-0.15, -0.1) is 0 Å². The summed E-state index contributed by atoms with van der Waals surface area (Å²) in [4.78, 5) is 13.7. The molecule has 0 bridgehead atoms. The van der Waals surface area contributed by atoms with E-state index in [1.54, 1.807) is 0 Å². The molecule has 0 saturated heterocycles. The minimum Gasteiger partial charge on any atom is -0.344 e. The Morgan fingerprint density at radius 3 is 2.56 bits per heavy atom. The number of nitrogens with zero attached hydrogens (tertiary/aromatic N) is 1. The topological polar surface area (TPSA) is 22.0 Å². The molecule has 0 saturated carbocycles. The highest BCUT2D eigenvalue weighted by Gasteiger charge is 2.22. The second-order valence-corrected chi connectivity index (χ2v) is 7.34. The number of hydrogen-bond acceptors (Lipinski definition) is 1. The van der Waals surface area contributed by atoms with Crippen molar-refractivity contribution in [2.45, 2.75) is 40.2 Å². The highest BCUT2D eigenvalue weighted by Crippen LogP contribution is 2.31. The maximum Gasteiger partial charge on any atom is 0.196 e. The minimum absolute atomic E-state index is 0.121. The van der Waals surface area contributed by atoms with Crippen molar-refractivity contribution in [1.82, 2.24) is 4.57 Å². The van der Waals surface area contributed by atoms with Crippen LogP contribution in [-0.4, -0.2) is 10.4 Å². The van der Waals surface area contributed by atoms with Gasteiger partial charge in [-0.25, -0.2) is 0 Å². The predicted octanol–water partition coefficient (Wildman–Crippen LogP) is 6.44. The van der Waals surface area contributed by atoms with Crippen molar-refractivity contribution in [1.29, 1.82) is 0 Å². The largest absolute Gasteiger partial charge is 0.344 e. The normalized spacial score (nSPS) is 11.4. The predicted molar refractivity (Wildman–Crippen MR) is 114 cm³/mol. The standard InChI is InChI=1S/C25H25NO/c1-4-5-15-26-18(3)24(21-10-6-7-12-23(21)26)25(27)20-11-8-9-19-14-13-17(2)16-22(19)20/h6-14,16H,4-5,15H2,1-3H3. The highest BCUT2D eigenvalue weighted by atomic mass is 16.1. The van der Waals surface area contributed by atoms with Gasteiger partial charge in [-0.05, 0) is 37.1 Å². The van der Waals surface area contributed by atoms with Gasteiger partial charge in [0.25, 0.3) is 0 Å². The summed E-state index contributed by atoms with van der Waals surface area (Å²) in [5.41, 5.74) is 5.03. The van der Waals surface area contributed by atoms with Gasteiger partial charge in [0, 0.05) is 28.7 Å². The van der Waals surface area contributed by atoms with Gasteiger partial charge in [-0.2, -0.15) is 0 Å². The molecule has 4 aromatic rings. The number of unbranched alkanes of at least 4 members (excludes halogenated alkanes) is 1. The van der Waals surface area contributed by atoms with Crippen LogP contribution in [0.1, 0.15) is 46.9 Å². The van der Waals surface area contributed by atoms with Crippen molar-refractivity contribution in [2.75, 3.05) is 0 Å². The average molecular weight is 355 g/mol. The van der Waals surface area contributed by atoms with Crippen molar-refractivity contribution < 1.29 is 4.79 Å². The first-order chi connectivity index (χ1) is 13.1. The highest BCUT2D eigenvalue weighted by molar-refractivity contribution is 6.22. The first kappa shape index (κ1) is 17.5. The fraction of sp³-hybridized carbons (Fsp3) is 0.240. The van der Waals surface area contributed by atoms with E-state index in [0.29, 0.717) is 0 Å².